The maximum absolute atomic E-state index is 12.2. The minimum Gasteiger partial charge on any atom is -0.478 e. The normalized spacial score (nSPS) is 11.1. The fourth-order valence-electron chi connectivity index (χ4n) is 2.02. The average molecular weight is 311 g/mol. The number of rotatable bonds is 6. The first-order valence-electron chi connectivity index (χ1n) is 6.96. The number of carboxylic acids is 1. The zero-order valence-electron chi connectivity index (χ0n) is 12.6. The number of nitrogens with zero attached hydrogens (tertiary/aromatic N) is 1. The van der Waals surface area contributed by atoms with Gasteiger partial charge < -0.3 is 16.3 Å². The van der Waals surface area contributed by atoms with Crippen molar-refractivity contribution >= 4 is 23.2 Å². The zero-order valence-corrected chi connectivity index (χ0v) is 12.6. The van der Waals surface area contributed by atoms with E-state index < -0.39 is 5.97 Å². The molecular formula is C17H17N3O3. The van der Waals surface area contributed by atoms with Gasteiger partial charge in [-0.05, 0) is 31.2 Å². The quantitative estimate of drug-likeness (QED) is 0.430. The minimum atomic E-state index is -1.03. The third-order valence-electron chi connectivity index (χ3n) is 3.30. The predicted molar refractivity (Wildman–Crippen MR) is 88.8 cm³/mol. The van der Waals surface area contributed by atoms with E-state index in [2.05, 4.69) is 10.4 Å². The molecule has 23 heavy (non-hydrogen) atoms. The van der Waals surface area contributed by atoms with E-state index in [1.165, 1.54) is 24.3 Å². The lowest BCUT2D eigenvalue weighted by atomic mass is 10.0. The lowest BCUT2D eigenvalue weighted by Gasteiger charge is -2.08. The third kappa shape index (κ3) is 4.16. The van der Waals surface area contributed by atoms with Gasteiger partial charge in [0.25, 0.3) is 0 Å². The molecular weight excluding hydrogens is 294 g/mol. The Labute approximate surface area is 133 Å². The van der Waals surface area contributed by atoms with Gasteiger partial charge in [0, 0.05) is 11.3 Å². The molecule has 2 rings (SSSR count). The molecule has 0 unspecified atom stereocenters. The maximum Gasteiger partial charge on any atom is 0.335 e. The summed E-state index contributed by atoms with van der Waals surface area (Å²) in [6.07, 6.45) is 0. The number of aromatic carboxylic acids is 1. The van der Waals surface area contributed by atoms with E-state index in [4.69, 9.17) is 10.9 Å². The van der Waals surface area contributed by atoms with E-state index in [9.17, 15) is 9.59 Å². The van der Waals surface area contributed by atoms with Crippen molar-refractivity contribution in [1.29, 1.82) is 0 Å². The highest BCUT2D eigenvalue weighted by atomic mass is 16.4. The number of anilines is 1. The summed E-state index contributed by atoms with van der Waals surface area (Å²) in [4.78, 5) is 23.1. The predicted octanol–water partition coefficient (Wildman–Crippen LogP) is 2.04. The summed E-state index contributed by atoms with van der Waals surface area (Å²) >= 11 is 0. The van der Waals surface area contributed by atoms with Crippen LogP contribution in [-0.2, 0) is 4.79 Å². The molecule has 0 bridgehead atoms. The molecule has 0 amide bonds. The Hall–Kier alpha value is -3.15. The Bertz CT molecular complexity index is 735. The maximum atomic E-state index is 12.2. The molecule has 2 aromatic carbocycles. The van der Waals surface area contributed by atoms with Gasteiger partial charge >= 0.3 is 5.97 Å². The molecule has 0 aliphatic carbocycles. The van der Waals surface area contributed by atoms with Crippen LogP contribution >= 0.6 is 0 Å². The van der Waals surface area contributed by atoms with Crippen molar-refractivity contribution in [3.63, 3.8) is 0 Å². The van der Waals surface area contributed by atoms with Gasteiger partial charge in [0.05, 0.1) is 12.1 Å². The standard InChI is InChI=1S/C17H17N3O3/c1-11-2-8-14(9-3-11)19-10-15(21)16(20-18)12-4-6-13(7-5-12)17(22)23/h2-9,19H,10,18H2,1H3,(H,22,23)/b20-16+. The summed E-state index contributed by atoms with van der Waals surface area (Å²) in [7, 11) is 0. The van der Waals surface area contributed by atoms with Crippen LogP contribution in [0.2, 0.25) is 0 Å². The van der Waals surface area contributed by atoms with Crippen molar-refractivity contribution in [2.45, 2.75) is 6.92 Å². The molecule has 0 saturated heterocycles. The van der Waals surface area contributed by atoms with Gasteiger partial charge in [-0.1, -0.05) is 29.8 Å². The summed E-state index contributed by atoms with van der Waals surface area (Å²) in [6.45, 7) is 2.02. The van der Waals surface area contributed by atoms with Crippen LogP contribution in [0.5, 0.6) is 0 Å². The number of benzene rings is 2. The van der Waals surface area contributed by atoms with E-state index in [1.54, 1.807) is 0 Å². The number of hydrogen-bond acceptors (Lipinski definition) is 5. The second kappa shape index (κ2) is 7.22. The molecule has 4 N–H and O–H groups in total. The van der Waals surface area contributed by atoms with E-state index >= 15 is 0 Å². The summed E-state index contributed by atoms with van der Waals surface area (Å²) in [5.74, 6) is 4.00. The first-order chi connectivity index (χ1) is 11.0. The Balaban J connectivity index is 2.06. The molecule has 0 atom stereocenters. The fourth-order valence-corrected chi connectivity index (χ4v) is 2.02. The Morgan fingerprint density at radius 3 is 2.13 bits per heavy atom. The molecule has 2 aromatic rings. The molecule has 0 aliphatic rings. The number of hydrazone groups is 1. The molecule has 0 aliphatic heterocycles. The smallest absolute Gasteiger partial charge is 0.335 e. The Morgan fingerprint density at radius 1 is 1.04 bits per heavy atom. The summed E-state index contributed by atoms with van der Waals surface area (Å²) < 4.78 is 0. The summed E-state index contributed by atoms with van der Waals surface area (Å²) in [5, 5.41) is 15.4. The van der Waals surface area contributed by atoms with Crippen molar-refractivity contribution < 1.29 is 14.7 Å². The fraction of sp³-hybridized carbons (Fsp3) is 0.118. The van der Waals surface area contributed by atoms with Gasteiger partial charge in [0.15, 0.2) is 0 Å². The Kier molecular flexibility index (Phi) is 5.09. The van der Waals surface area contributed by atoms with Crippen LogP contribution in [0.3, 0.4) is 0 Å². The van der Waals surface area contributed by atoms with Crippen molar-refractivity contribution in [2.75, 3.05) is 11.9 Å². The number of hydrogen-bond donors (Lipinski definition) is 3. The summed E-state index contributed by atoms with van der Waals surface area (Å²) in [5.41, 5.74) is 2.66. The van der Waals surface area contributed by atoms with Gasteiger partial charge in [-0.3, -0.25) is 4.79 Å². The van der Waals surface area contributed by atoms with Crippen molar-refractivity contribution in [3.8, 4) is 0 Å². The Morgan fingerprint density at radius 2 is 1.61 bits per heavy atom. The van der Waals surface area contributed by atoms with Gasteiger partial charge in [-0.25, -0.2) is 4.79 Å². The number of carboxylic acid groups (broad SMARTS) is 1. The van der Waals surface area contributed by atoms with Crippen LogP contribution in [0.25, 0.3) is 0 Å². The number of aryl methyl sites for hydroxylation is 1. The van der Waals surface area contributed by atoms with Crippen LogP contribution in [-0.4, -0.2) is 29.1 Å². The topological polar surface area (TPSA) is 105 Å². The molecule has 0 saturated carbocycles. The second-order valence-electron chi connectivity index (χ2n) is 5.00. The van der Waals surface area contributed by atoms with E-state index in [-0.39, 0.29) is 23.6 Å². The van der Waals surface area contributed by atoms with Gasteiger partial charge in [-0.2, -0.15) is 5.10 Å². The zero-order chi connectivity index (χ0) is 16.8. The van der Waals surface area contributed by atoms with Crippen molar-refractivity contribution in [3.05, 3.63) is 65.2 Å². The number of carbonyl (C=O) groups is 2. The first-order valence-corrected chi connectivity index (χ1v) is 6.96. The van der Waals surface area contributed by atoms with E-state index in [1.807, 2.05) is 31.2 Å². The largest absolute Gasteiger partial charge is 0.478 e. The van der Waals surface area contributed by atoms with Crippen LogP contribution in [0.15, 0.2) is 53.6 Å². The van der Waals surface area contributed by atoms with Gasteiger partial charge in [-0.15, -0.1) is 0 Å². The van der Waals surface area contributed by atoms with E-state index in [0.29, 0.717) is 5.56 Å². The SMILES string of the molecule is Cc1ccc(NCC(=O)/C(=N/N)c2ccc(C(=O)O)cc2)cc1. The lowest BCUT2D eigenvalue weighted by Crippen LogP contribution is -2.25. The molecule has 6 heteroatoms. The van der Waals surface area contributed by atoms with Crippen LogP contribution in [0.4, 0.5) is 5.69 Å². The van der Waals surface area contributed by atoms with Gasteiger partial charge in [0.2, 0.25) is 5.78 Å². The highest BCUT2D eigenvalue weighted by molar-refractivity contribution is 6.47. The number of carbonyl (C=O) groups excluding carboxylic acids is 1. The van der Waals surface area contributed by atoms with Crippen molar-refractivity contribution in [1.82, 2.24) is 0 Å². The minimum absolute atomic E-state index is 0.0414. The van der Waals surface area contributed by atoms with Crippen LogP contribution in [0.1, 0.15) is 21.5 Å². The highest BCUT2D eigenvalue weighted by Gasteiger charge is 2.14. The van der Waals surface area contributed by atoms with Crippen molar-refractivity contribution in [2.24, 2.45) is 10.9 Å². The van der Waals surface area contributed by atoms with Crippen LogP contribution in [0, 0.1) is 6.92 Å². The summed E-state index contributed by atoms with van der Waals surface area (Å²) in [6, 6.07) is 13.5. The highest BCUT2D eigenvalue weighted by Crippen LogP contribution is 2.10. The lowest BCUT2D eigenvalue weighted by molar-refractivity contribution is -0.111. The first kappa shape index (κ1) is 16.2. The number of ketones is 1. The van der Waals surface area contributed by atoms with E-state index in [0.717, 1.165) is 11.3 Å². The molecule has 118 valence electrons. The molecule has 0 radical (unpaired) electrons. The molecule has 0 aromatic heterocycles. The average Bonchev–Trinajstić information content (AvgIpc) is 2.55. The second-order valence-corrected chi connectivity index (χ2v) is 5.00. The third-order valence-corrected chi connectivity index (χ3v) is 3.30. The number of nitrogens with two attached hydrogens (primary N) is 1. The number of Topliss-reactive ketones (excluding diaryl/α,β-unsaturated/α-hetero) is 1. The van der Waals surface area contributed by atoms with Gasteiger partial charge in [0.1, 0.15) is 5.71 Å². The molecule has 0 spiro atoms. The monoisotopic (exact) mass is 311 g/mol. The molecule has 0 fully saturated rings. The molecule has 0 heterocycles. The molecule has 6 nitrogen and oxygen atoms in total. The van der Waals surface area contributed by atoms with Crippen LogP contribution < -0.4 is 11.2 Å². The number of nitrogens with one attached hydrogen (secondary N) is 1.